The molecule has 1 aromatic heterocycles. The van der Waals surface area contributed by atoms with Crippen molar-refractivity contribution >= 4 is 44.2 Å². The lowest BCUT2D eigenvalue weighted by atomic mass is 10.1. The molecule has 0 saturated heterocycles. The van der Waals surface area contributed by atoms with Gasteiger partial charge in [0.2, 0.25) is 5.91 Å². The van der Waals surface area contributed by atoms with Crippen molar-refractivity contribution in [3.8, 4) is 5.75 Å². The molecule has 2 aromatic carbocycles. The maximum Gasteiger partial charge on any atom is 0.251 e. The van der Waals surface area contributed by atoms with Crippen LogP contribution in [0, 0.1) is 0 Å². The molecule has 28 heavy (non-hydrogen) atoms. The lowest BCUT2D eigenvalue weighted by Gasteiger charge is -2.06. The monoisotopic (exact) mass is 459 g/mol. The second-order valence-corrected chi connectivity index (χ2v) is 7.93. The van der Waals surface area contributed by atoms with E-state index in [0.29, 0.717) is 16.4 Å². The smallest absolute Gasteiger partial charge is 0.251 e. The van der Waals surface area contributed by atoms with Gasteiger partial charge in [-0.3, -0.25) is 9.59 Å². The molecule has 0 radical (unpaired) electrons. The Labute approximate surface area is 175 Å². The summed E-state index contributed by atoms with van der Waals surface area (Å²) in [7, 11) is 1.53. The molecule has 0 spiro atoms. The van der Waals surface area contributed by atoms with Crippen molar-refractivity contribution in [1.29, 1.82) is 0 Å². The van der Waals surface area contributed by atoms with Gasteiger partial charge in [0.1, 0.15) is 5.75 Å². The first-order chi connectivity index (χ1) is 13.5. The van der Waals surface area contributed by atoms with Gasteiger partial charge in [-0.15, -0.1) is 11.3 Å². The van der Waals surface area contributed by atoms with Crippen LogP contribution >= 0.6 is 27.3 Å². The van der Waals surface area contributed by atoms with E-state index in [1.807, 2.05) is 24.3 Å². The number of nitrogens with zero attached hydrogens (tertiary/aromatic N) is 1. The summed E-state index contributed by atoms with van der Waals surface area (Å²) in [4.78, 5) is 29.5. The van der Waals surface area contributed by atoms with Gasteiger partial charge in [-0.1, -0.05) is 34.1 Å². The maximum absolute atomic E-state index is 12.1. The number of amides is 2. The molecule has 8 heteroatoms. The van der Waals surface area contributed by atoms with Crippen LogP contribution in [0.15, 0.2) is 59.2 Å². The molecule has 0 aliphatic heterocycles. The molecule has 1 heterocycles. The normalized spacial score (nSPS) is 10.4. The van der Waals surface area contributed by atoms with Crippen molar-refractivity contribution in [3.63, 3.8) is 0 Å². The number of aromatic nitrogens is 1. The molecule has 0 fully saturated rings. The van der Waals surface area contributed by atoms with E-state index in [1.165, 1.54) is 18.4 Å². The number of anilines is 1. The Hall–Kier alpha value is -2.71. The van der Waals surface area contributed by atoms with Crippen LogP contribution in [0.2, 0.25) is 0 Å². The van der Waals surface area contributed by atoms with Gasteiger partial charge in [0.15, 0.2) is 5.13 Å². The van der Waals surface area contributed by atoms with Crippen LogP contribution in [0.3, 0.4) is 0 Å². The van der Waals surface area contributed by atoms with E-state index in [-0.39, 0.29) is 18.4 Å². The second kappa shape index (κ2) is 9.48. The molecule has 0 aliphatic rings. The number of hydrogen-bond donors (Lipinski definition) is 2. The van der Waals surface area contributed by atoms with Crippen molar-refractivity contribution in [2.24, 2.45) is 0 Å². The van der Waals surface area contributed by atoms with Gasteiger partial charge < -0.3 is 15.4 Å². The lowest BCUT2D eigenvalue weighted by Crippen LogP contribution is -2.32. The van der Waals surface area contributed by atoms with Crippen LogP contribution in [-0.4, -0.2) is 30.5 Å². The van der Waals surface area contributed by atoms with E-state index >= 15 is 0 Å². The minimum Gasteiger partial charge on any atom is -0.497 e. The molecule has 3 aromatic rings. The Morgan fingerprint density at radius 3 is 2.71 bits per heavy atom. The number of rotatable bonds is 7. The first-order valence-electron chi connectivity index (χ1n) is 8.45. The second-order valence-electron chi connectivity index (χ2n) is 5.90. The first kappa shape index (κ1) is 20.0. The van der Waals surface area contributed by atoms with E-state index in [4.69, 9.17) is 4.74 Å². The van der Waals surface area contributed by atoms with Crippen molar-refractivity contribution in [2.75, 3.05) is 19.0 Å². The summed E-state index contributed by atoms with van der Waals surface area (Å²) in [5.74, 6) is -0.0944. The summed E-state index contributed by atoms with van der Waals surface area (Å²) in [5.41, 5.74) is 1.59. The Bertz CT molecular complexity index is 973. The van der Waals surface area contributed by atoms with Gasteiger partial charge in [0.25, 0.3) is 5.91 Å². The van der Waals surface area contributed by atoms with E-state index in [0.717, 1.165) is 21.3 Å². The van der Waals surface area contributed by atoms with Gasteiger partial charge >= 0.3 is 0 Å². The lowest BCUT2D eigenvalue weighted by molar-refractivity contribution is -0.115. The molecule has 3 rings (SSSR count). The third-order valence-corrected chi connectivity index (χ3v) is 5.27. The molecule has 2 N–H and O–H groups in total. The van der Waals surface area contributed by atoms with Gasteiger partial charge in [0, 0.05) is 27.5 Å². The number of halogens is 1. The summed E-state index contributed by atoms with van der Waals surface area (Å²) in [5, 5.41) is 5.80. The van der Waals surface area contributed by atoms with Crippen LogP contribution in [-0.2, 0) is 11.2 Å². The van der Waals surface area contributed by atoms with Crippen LogP contribution in [0.5, 0.6) is 5.75 Å². The van der Waals surface area contributed by atoms with E-state index in [2.05, 4.69) is 31.5 Å². The zero-order chi connectivity index (χ0) is 19.9. The van der Waals surface area contributed by atoms with Gasteiger partial charge in [-0.2, -0.15) is 0 Å². The number of nitrogens with one attached hydrogen (secondary N) is 2. The van der Waals surface area contributed by atoms with E-state index in [9.17, 15) is 9.59 Å². The minimum atomic E-state index is -0.343. The Morgan fingerprint density at radius 1 is 1.18 bits per heavy atom. The molecule has 0 atom stereocenters. The van der Waals surface area contributed by atoms with Crippen molar-refractivity contribution in [1.82, 2.24) is 10.3 Å². The number of hydrogen-bond acceptors (Lipinski definition) is 5. The van der Waals surface area contributed by atoms with Crippen molar-refractivity contribution < 1.29 is 14.3 Å². The van der Waals surface area contributed by atoms with Crippen LogP contribution in [0.25, 0.3) is 0 Å². The molecule has 6 nitrogen and oxygen atoms in total. The van der Waals surface area contributed by atoms with Crippen LogP contribution in [0.4, 0.5) is 5.13 Å². The molecule has 2 amide bonds. The Kier molecular flexibility index (Phi) is 6.78. The summed E-state index contributed by atoms with van der Waals surface area (Å²) >= 11 is 4.83. The summed E-state index contributed by atoms with van der Waals surface area (Å²) in [6.45, 7) is -0.141. The zero-order valence-corrected chi connectivity index (χ0v) is 17.5. The van der Waals surface area contributed by atoms with Gasteiger partial charge in [0.05, 0.1) is 13.7 Å². The van der Waals surface area contributed by atoms with Crippen molar-refractivity contribution in [3.05, 3.63) is 75.2 Å². The molecular formula is C20H18BrN3O3S. The quantitative estimate of drug-likeness (QED) is 0.561. The highest BCUT2D eigenvalue weighted by atomic mass is 79.9. The number of benzene rings is 2. The number of carbonyl (C=O) groups excluding carboxylic acids is 2. The largest absolute Gasteiger partial charge is 0.497 e. The predicted octanol–water partition coefficient (Wildman–Crippen LogP) is 3.87. The highest BCUT2D eigenvalue weighted by Crippen LogP contribution is 2.22. The Morgan fingerprint density at radius 2 is 1.96 bits per heavy atom. The fourth-order valence-electron chi connectivity index (χ4n) is 2.44. The SMILES string of the molecule is COc1cccc(C(=O)NCC(=O)Nc2ncc(Cc3ccc(Br)cc3)s2)c1. The predicted molar refractivity (Wildman–Crippen MR) is 113 cm³/mol. The number of ether oxygens (including phenoxy) is 1. The summed E-state index contributed by atoms with van der Waals surface area (Å²) in [6.07, 6.45) is 2.49. The van der Waals surface area contributed by atoms with Crippen molar-refractivity contribution in [2.45, 2.75) is 6.42 Å². The number of methoxy groups -OCH3 is 1. The molecule has 0 aliphatic carbocycles. The molecule has 0 bridgehead atoms. The molecule has 0 unspecified atom stereocenters. The van der Waals surface area contributed by atoms with Crippen LogP contribution in [0.1, 0.15) is 20.8 Å². The third-order valence-electron chi connectivity index (χ3n) is 3.83. The highest BCUT2D eigenvalue weighted by molar-refractivity contribution is 9.10. The zero-order valence-electron chi connectivity index (χ0n) is 15.1. The fourth-order valence-corrected chi connectivity index (χ4v) is 3.57. The van der Waals surface area contributed by atoms with E-state index in [1.54, 1.807) is 30.5 Å². The average Bonchev–Trinajstić information content (AvgIpc) is 3.14. The topological polar surface area (TPSA) is 80.3 Å². The number of thiazole rings is 1. The molecule has 144 valence electrons. The standard InChI is InChI=1S/C20H18BrN3O3S/c1-27-16-4-2-3-14(10-16)19(26)22-12-18(25)24-20-23-11-17(28-20)9-13-5-7-15(21)8-6-13/h2-8,10-11H,9,12H2,1H3,(H,22,26)(H,23,24,25). The Balaban J connectivity index is 1.50. The maximum atomic E-state index is 12.1. The minimum absolute atomic E-state index is 0.141. The van der Waals surface area contributed by atoms with E-state index < -0.39 is 0 Å². The fraction of sp³-hybridized carbons (Fsp3) is 0.150. The molecule has 0 saturated carbocycles. The third kappa shape index (κ3) is 5.64. The van der Waals surface area contributed by atoms with Gasteiger partial charge in [-0.05, 0) is 35.9 Å². The average molecular weight is 460 g/mol. The summed E-state index contributed by atoms with van der Waals surface area (Å²) < 4.78 is 6.12. The van der Waals surface area contributed by atoms with Crippen LogP contribution < -0.4 is 15.4 Å². The number of carbonyl (C=O) groups is 2. The molecular weight excluding hydrogens is 442 g/mol. The van der Waals surface area contributed by atoms with Gasteiger partial charge in [-0.25, -0.2) is 4.98 Å². The highest BCUT2D eigenvalue weighted by Gasteiger charge is 2.11. The first-order valence-corrected chi connectivity index (χ1v) is 10.1. The summed E-state index contributed by atoms with van der Waals surface area (Å²) in [6, 6.07) is 14.8.